The molecule has 0 spiro atoms. The van der Waals surface area contributed by atoms with Crippen molar-refractivity contribution in [2.24, 2.45) is 11.5 Å². The zero-order valence-electron chi connectivity index (χ0n) is 14.8. The Morgan fingerprint density at radius 1 is 1.07 bits per heavy atom. The smallest absolute Gasteiger partial charge is 0.361 e. The fraction of sp³-hybridized carbons (Fsp3) is 0.211. The minimum atomic E-state index is -4.41. The molecule has 144 valence electrons. The van der Waals surface area contributed by atoms with Gasteiger partial charge >= 0.3 is 6.18 Å². The molecular weight excluding hydrogens is 369 g/mol. The lowest BCUT2D eigenvalue weighted by atomic mass is 10.0. The molecule has 6 nitrogen and oxygen atoms in total. The minimum absolute atomic E-state index is 0.336. The number of alkyl halides is 3. The summed E-state index contributed by atoms with van der Waals surface area (Å²) in [7, 11) is 0. The van der Waals surface area contributed by atoms with Gasteiger partial charge in [-0.3, -0.25) is 4.98 Å². The predicted molar refractivity (Wildman–Crippen MR) is 100 cm³/mol. The van der Waals surface area contributed by atoms with E-state index in [9.17, 15) is 13.2 Å². The Morgan fingerprint density at radius 3 is 2.57 bits per heavy atom. The van der Waals surface area contributed by atoms with Crippen molar-refractivity contribution in [2.45, 2.75) is 25.2 Å². The van der Waals surface area contributed by atoms with E-state index in [4.69, 9.17) is 11.5 Å². The summed E-state index contributed by atoms with van der Waals surface area (Å²) in [6, 6.07) is 2.71. The SMILES string of the molecule is CC(N)C(N)c1ncc2cncc(-c3c[nH]c4cc(C(F)(F)F)ccc34)c2n1. The van der Waals surface area contributed by atoms with Gasteiger partial charge in [-0.15, -0.1) is 0 Å². The van der Waals surface area contributed by atoms with Gasteiger partial charge in [-0.2, -0.15) is 13.2 Å². The van der Waals surface area contributed by atoms with Crippen LogP contribution in [0.5, 0.6) is 0 Å². The normalized spacial score (nSPS) is 14.5. The van der Waals surface area contributed by atoms with E-state index >= 15 is 0 Å². The van der Waals surface area contributed by atoms with Crippen LogP contribution >= 0.6 is 0 Å². The maximum Gasteiger partial charge on any atom is 0.416 e. The molecule has 0 aliphatic carbocycles. The highest BCUT2D eigenvalue weighted by Gasteiger charge is 2.30. The molecule has 0 saturated carbocycles. The number of H-pyrrole nitrogens is 1. The van der Waals surface area contributed by atoms with Crippen LogP contribution in [0.4, 0.5) is 13.2 Å². The van der Waals surface area contributed by atoms with E-state index in [-0.39, 0.29) is 6.04 Å². The Balaban J connectivity index is 1.90. The average Bonchev–Trinajstić information content (AvgIpc) is 3.08. The first-order chi connectivity index (χ1) is 13.3. The molecule has 0 aliphatic heterocycles. The summed E-state index contributed by atoms with van der Waals surface area (Å²) in [5.41, 5.74) is 13.6. The largest absolute Gasteiger partial charge is 0.416 e. The van der Waals surface area contributed by atoms with Crippen LogP contribution in [0, 0.1) is 0 Å². The first-order valence-electron chi connectivity index (χ1n) is 8.56. The summed E-state index contributed by atoms with van der Waals surface area (Å²) in [6.07, 6.45) is 2.10. The van der Waals surface area contributed by atoms with Gasteiger partial charge in [-0.05, 0) is 19.1 Å². The van der Waals surface area contributed by atoms with E-state index < -0.39 is 17.8 Å². The van der Waals surface area contributed by atoms with Crippen LogP contribution in [-0.4, -0.2) is 26.0 Å². The van der Waals surface area contributed by atoms with Gasteiger partial charge in [0.2, 0.25) is 0 Å². The number of aromatic nitrogens is 4. The second kappa shape index (κ2) is 6.54. The van der Waals surface area contributed by atoms with E-state index in [1.165, 1.54) is 6.07 Å². The number of pyridine rings is 1. The summed E-state index contributed by atoms with van der Waals surface area (Å²) < 4.78 is 38.9. The van der Waals surface area contributed by atoms with E-state index in [0.29, 0.717) is 38.8 Å². The molecular formula is C19H17F3N6. The summed E-state index contributed by atoms with van der Waals surface area (Å²) in [6.45, 7) is 1.77. The summed E-state index contributed by atoms with van der Waals surface area (Å²) in [4.78, 5) is 15.9. The Hall–Kier alpha value is -3.04. The van der Waals surface area contributed by atoms with E-state index in [2.05, 4.69) is 19.9 Å². The van der Waals surface area contributed by atoms with Crippen LogP contribution < -0.4 is 11.5 Å². The third-order valence-corrected chi connectivity index (χ3v) is 4.67. The second-order valence-electron chi connectivity index (χ2n) is 6.70. The Kier molecular flexibility index (Phi) is 4.28. The lowest BCUT2D eigenvalue weighted by Crippen LogP contribution is -2.32. The highest BCUT2D eigenvalue weighted by molar-refractivity contribution is 6.03. The first-order valence-corrected chi connectivity index (χ1v) is 8.56. The monoisotopic (exact) mass is 386 g/mol. The van der Waals surface area contributed by atoms with Crippen molar-refractivity contribution in [3.63, 3.8) is 0 Å². The van der Waals surface area contributed by atoms with Crippen LogP contribution in [0.25, 0.3) is 32.9 Å². The number of halogens is 3. The molecule has 3 heterocycles. The molecule has 2 unspecified atom stereocenters. The second-order valence-corrected chi connectivity index (χ2v) is 6.70. The number of rotatable bonds is 3. The van der Waals surface area contributed by atoms with E-state index in [0.717, 1.165) is 12.1 Å². The standard InChI is InChI=1S/C19H17F3N6/c1-9(23)16(24)18-27-6-10-5-25-7-14(17(10)28-18)13-8-26-15-4-11(19(20,21)22)2-3-12(13)15/h2-9,16,26H,23-24H2,1H3. The van der Waals surface area contributed by atoms with Crippen LogP contribution in [0.2, 0.25) is 0 Å². The third kappa shape index (κ3) is 3.08. The van der Waals surface area contributed by atoms with Gasteiger partial charge in [0, 0.05) is 58.2 Å². The molecule has 0 fully saturated rings. The predicted octanol–water partition coefficient (Wildman–Crippen LogP) is 3.54. The number of benzene rings is 1. The van der Waals surface area contributed by atoms with E-state index in [1.807, 2.05) is 0 Å². The van der Waals surface area contributed by atoms with Crippen molar-refractivity contribution in [3.05, 3.63) is 54.4 Å². The van der Waals surface area contributed by atoms with Crippen molar-refractivity contribution in [1.82, 2.24) is 19.9 Å². The Morgan fingerprint density at radius 2 is 1.86 bits per heavy atom. The number of nitrogens with zero attached hydrogens (tertiary/aromatic N) is 3. The van der Waals surface area contributed by atoms with Crippen LogP contribution in [0.3, 0.4) is 0 Å². The maximum atomic E-state index is 13.0. The topological polar surface area (TPSA) is 107 Å². The first kappa shape index (κ1) is 18.3. The molecule has 5 N–H and O–H groups in total. The van der Waals surface area contributed by atoms with Crippen LogP contribution in [0.15, 0.2) is 43.0 Å². The van der Waals surface area contributed by atoms with Crippen molar-refractivity contribution in [2.75, 3.05) is 0 Å². The summed E-state index contributed by atoms with van der Waals surface area (Å²) in [5.74, 6) is 0.397. The van der Waals surface area contributed by atoms with Crippen LogP contribution in [-0.2, 0) is 6.18 Å². The lowest BCUT2D eigenvalue weighted by molar-refractivity contribution is -0.137. The van der Waals surface area contributed by atoms with Gasteiger partial charge in [0.25, 0.3) is 0 Å². The maximum absolute atomic E-state index is 13.0. The number of hydrogen-bond acceptors (Lipinski definition) is 5. The van der Waals surface area contributed by atoms with Crippen molar-refractivity contribution < 1.29 is 13.2 Å². The lowest BCUT2D eigenvalue weighted by Gasteiger charge is -2.15. The summed E-state index contributed by atoms with van der Waals surface area (Å²) in [5, 5.41) is 1.33. The highest BCUT2D eigenvalue weighted by atomic mass is 19.4. The van der Waals surface area contributed by atoms with Gasteiger partial charge in [0.05, 0.1) is 17.1 Å². The van der Waals surface area contributed by atoms with Gasteiger partial charge in [-0.25, -0.2) is 9.97 Å². The number of hydrogen-bond donors (Lipinski definition) is 3. The molecule has 0 bridgehead atoms. The average molecular weight is 386 g/mol. The molecule has 0 amide bonds. The molecule has 9 heteroatoms. The van der Waals surface area contributed by atoms with Gasteiger partial charge in [0.15, 0.2) is 0 Å². The molecule has 2 atom stereocenters. The molecule has 0 saturated heterocycles. The third-order valence-electron chi connectivity index (χ3n) is 4.67. The molecule has 0 radical (unpaired) electrons. The Labute approximate surface area is 157 Å². The quantitative estimate of drug-likeness (QED) is 0.499. The number of nitrogens with two attached hydrogens (primary N) is 2. The number of nitrogens with one attached hydrogen (secondary N) is 1. The fourth-order valence-electron chi connectivity index (χ4n) is 3.09. The van der Waals surface area contributed by atoms with Crippen molar-refractivity contribution >= 4 is 21.8 Å². The molecule has 3 aromatic heterocycles. The molecule has 0 aliphatic rings. The van der Waals surface area contributed by atoms with Gasteiger partial charge in [-0.1, -0.05) is 6.07 Å². The van der Waals surface area contributed by atoms with E-state index in [1.54, 1.807) is 31.7 Å². The molecule has 4 aromatic rings. The van der Waals surface area contributed by atoms with Gasteiger partial charge in [0.1, 0.15) is 5.82 Å². The van der Waals surface area contributed by atoms with Gasteiger partial charge < -0.3 is 16.5 Å². The zero-order chi connectivity index (χ0) is 20.1. The summed E-state index contributed by atoms with van der Waals surface area (Å²) >= 11 is 0. The Bertz CT molecular complexity index is 1170. The number of aromatic amines is 1. The zero-order valence-corrected chi connectivity index (χ0v) is 14.8. The molecule has 1 aromatic carbocycles. The molecule has 28 heavy (non-hydrogen) atoms. The molecule has 4 rings (SSSR count). The fourth-order valence-corrected chi connectivity index (χ4v) is 3.09. The minimum Gasteiger partial charge on any atom is -0.361 e. The highest BCUT2D eigenvalue weighted by Crippen LogP contribution is 2.36. The van der Waals surface area contributed by atoms with Crippen molar-refractivity contribution in [3.8, 4) is 11.1 Å². The van der Waals surface area contributed by atoms with Crippen molar-refractivity contribution in [1.29, 1.82) is 0 Å². The number of fused-ring (bicyclic) bond motifs is 2. The van der Waals surface area contributed by atoms with Crippen LogP contribution in [0.1, 0.15) is 24.4 Å².